The number of methoxy groups -OCH3 is 1. The van der Waals surface area contributed by atoms with Crippen molar-refractivity contribution >= 4 is 16.2 Å². The number of hydrogen-bond donors (Lipinski definition) is 2. The molecule has 0 fully saturated rings. The first-order valence-corrected chi connectivity index (χ1v) is 7.97. The third kappa shape index (κ3) is 7.78. The summed E-state index contributed by atoms with van der Waals surface area (Å²) in [6, 6.07) is 0. The van der Waals surface area contributed by atoms with Crippen molar-refractivity contribution in [2.75, 3.05) is 33.9 Å². The lowest BCUT2D eigenvalue weighted by Gasteiger charge is -2.26. The third-order valence-electron chi connectivity index (χ3n) is 3.01. The van der Waals surface area contributed by atoms with Crippen molar-refractivity contribution in [3.8, 4) is 0 Å². The highest BCUT2D eigenvalue weighted by Crippen LogP contribution is 2.21. The number of carbonyl (C=O) groups excluding carboxylic acids is 1. The molecule has 8 heteroatoms. The molecule has 0 unspecified atom stereocenters. The van der Waals surface area contributed by atoms with Crippen molar-refractivity contribution in [3.63, 3.8) is 0 Å². The molecule has 0 aliphatic rings. The summed E-state index contributed by atoms with van der Waals surface area (Å²) in [4.78, 5) is 11.0. The van der Waals surface area contributed by atoms with Crippen LogP contribution >= 0.6 is 0 Å². The Labute approximate surface area is 121 Å². The van der Waals surface area contributed by atoms with Crippen LogP contribution in [0.4, 0.5) is 0 Å². The predicted molar refractivity (Wildman–Crippen MR) is 76.3 cm³/mol. The predicted octanol–water partition coefficient (Wildman–Crippen LogP) is 0.114. The quantitative estimate of drug-likeness (QED) is 0.559. The molecule has 0 aliphatic heterocycles. The Bertz CT molecular complexity index is 395. The van der Waals surface area contributed by atoms with E-state index in [1.54, 1.807) is 0 Å². The number of rotatable bonds is 10. The first-order chi connectivity index (χ1) is 9.14. The van der Waals surface area contributed by atoms with Gasteiger partial charge in [0.05, 0.1) is 13.5 Å². The molecule has 0 amide bonds. The minimum absolute atomic E-state index is 0.0157. The van der Waals surface area contributed by atoms with E-state index in [-0.39, 0.29) is 31.5 Å². The lowest BCUT2D eigenvalue weighted by Crippen LogP contribution is -2.43. The Morgan fingerprint density at radius 1 is 1.40 bits per heavy atom. The minimum atomic E-state index is -3.61. The highest BCUT2D eigenvalue weighted by molar-refractivity contribution is 7.87. The second-order valence-corrected chi connectivity index (χ2v) is 7.33. The number of nitrogens with zero attached hydrogens (tertiary/aromatic N) is 1. The van der Waals surface area contributed by atoms with Crippen molar-refractivity contribution in [3.05, 3.63) is 0 Å². The fourth-order valence-corrected chi connectivity index (χ4v) is 2.64. The molecule has 0 aliphatic carbocycles. The molecule has 0 spiro atoms. The molecule has 0 bridgehead atoms. The number of nitrogens with one attached hydrogen (secondary N) is 1. The Morgan fingerprint density at radius 2 is 2.00 bits per heavy atom. The van der Waals surface area contributed by atoms with Crippen molar-refractivity contribution < 1.29 is 23.1 Å². The molecule has 7 nitrogen and oxygen atoms in total. The summed E-state index contributed by atoms with van der Waals surface area (Å²) in [6.07, 6.45) is 1.37. The number of hydrogen-bond acceptors (Lipinski definition) is 5. The van der Waals surface area contributed by atoms with Crippen LogP contribution in [-0.2, 0) is 19.7 Å². The van der Waals surface area contributed by atoms with E-state index in [0.717, 1.165) is 10.7 Å². The molecule has 20 heavy (non-hydrogen) atoms. The smallest absolute Gasteiger partial charge is 0.306 e. The van der Waals surface area contributed by atoms with Gasteiger partial charge in [0.25, 0.3) is 10.2 Å². The monoisotopic (exact) mass is 310 g/mol. The molecular formula is C12H26N2O5S. The van der Waals surface area contributed by atoms with E-state index < -0.39 is 16.2 Å². The van der Waals surface area contributed by atoms with Gasteiger partial charge in [-0.3, -0.25) is 4.79 Å². The van der Waals surface area contributed by atoms with Crippen molar-refractivity contribution in [1.82, 2.24) is 9.03 Å². The van der Waals surface area contributed by atoms with Crippen LogP contribution in [0.15, 0.2) is 0 Å². The first kappa shape index (κ1) is 19.3. The molecule has 0 rings (SSSR count). The molecule has 0 aromatic carbocycles. The fraction of sp³-hybridized carbons (Fsp3) is 0.917. The summed E-state index contributed by atoms with van der Waals surface area (Å²) in [5, 5.41) is 8.80. The Balaban J connectivity index is 4.33. The lowest BCUT2D eigenvalue weighted by atomic mass is 9.88. The van der Waals surface area contributed by atoms with E-state index >= 15 is 0 Å². The number of aliphatic hydroxyl groups excluding tert-OH is 1. The Morgan fingerprint density at radius 3 is 2.50 bits per heavy atom. The van der Waals surface area contributed by atoms with Crippen LogP contribution in [0.1, 0.15) is 33.1 Å². The first-order valence-electron chi connectivity index (χ1n) is 6.53. The van der Waals surface area contributed by atoms with Crippen molar-refractivity contribution in [2.45, 2.75) is 33.1 Å². The van der Waals surface area contributed by atoms with Gasteiger partial charge in [-0.2, -0.15) is 12.7 Å². The highest BCUT2D eigenvalue weighted by atomic mass is 32.2. The molecular weight excluding hydrogens is 284 g/mol. The zero-order valence-corrected chi connectivity index (χ0v) is 13.5. The maximum absolute atomic E-state index is 12.0. The topological polar surface area (TPSA) is 95.9 Å². The van der Waals surface area contributed by atoms with E-state index in [9.17, 15) is 13.2 Å². The number of ether oxygens (including phenoxy) is 1. The van der Waals surface area contributed by atoms with E-state index in [0.29, 0.717) is 6.42 Å². The average Bonchev–Trinajstić information content (AvgIpc) is 2.40. The van der Waals surface area contributed by atoms with E-state index in [1.165, 1.54) is 14.2 Å². The third-order valence-corrected chi connectivity index (χ3v) is 4.53. The van der Waals surface area contributed by atoms with Crippen LogP contribution in [0.25, 0.3) is 0 Å². The number of carbonyl (C=O) groups is 1. The second kappa shape index (κ2) is 8.56. The van der Waals surface area contributed by atoms with Gasteiger partial charge in [-0.25, -0.2) is 4.72 Å². The van der Waals surface area contributed by atoms with Crippen molar-refractivity contribution in [2.24, 2.45) is 5.41 Å². The van der Waals surface area contributed by atoms with E-state index in [4.69, 9.17) is 5.11 Å². The van der Waals surface area contributed by atoms with Gasteiger partial charge in [-0.1, -0.05) is 13.8 Å². The summed E-state index contributed by atoms with van der Waals surface area (Å²) >= 11 is 0. The molecule has 0 aromatic rings. The Hall–Kier alpha value is -0.700. The molecule has 0 saturated heterocycles. The SMILES string of the molecule is COC(=O)CCN(C)S(=O)(=O)NCC(C)(C)CCCO. The van der Waals surface area contributed by atoms with Crippen LogP contribution in [0, 0.1) is 5.41 Å². The largest absolute Gasteiger partial charge is 0.469 e. The molecule has 0 radical (unpaired) electrons. The molecule has 2 N–H and O–H groups in total. The highest BCUT2D eigenvalue weighted by Gasteiger charge is 2.23. The molecule has 0 heterocycles. The molecule has 0 aromatic heterocycles. The zero-order chi connectivity index (χ0) is 15.8. The van der Waals surface area contributed by atoms with E-state index in [2.05, 4.69) is 9.46 Å². The van der Waals surface area contributed by atoms with Crippen LogP contribution in [0.2, 0.25) is 0 Å². The normalized spacial score (nSPS) is 12.7. The number of esters is 1. The standard InChI is InChI=1S/C12H26N2O5S/c1-12(2,7-5-9-15)10-13-20(17,18)14(3)8-6-11(16)19-4/h13,15H,5-10H2,1-4H3. The van der Waals surface area contributed by atoms with Crippen LogP contribution in [0.5, 0.6) is 0 Å². The van der Waals surface area contributed by atoms with E-state index in [1.807, 2.05) is 13.8 Å². The second-order valence-electron chi connectivity index (χ2n) is 5.47. The maximum Gasteiger partial charge on any atom is 0.306 e. The van der Waals surface area contributed by atoms with Gasteiger partial charge in [-0.05, 0) is 18.3 Å². The van der Waals surface area contributed by atoms with Gasteiger partial charge in [0, 0.05) is 26.7 Å². The van der Waals surface area contributed by atoms with Crippen molar-refractivity contribution in [1.29, 1.82) is 0 Å². The summed E-state index contributed by atoms with van der Waals surface area (Å²) in [5.41, 5.74) is -0.237. The van der Waals surface area contributed by atoms with Gasteiger partial charge in [-0.15, -0.1) is 0 Å². The average molecular weight is 310 g/mol. The lowest BCUT2D eigenvalue weighted by molar-refractivity contribution is -0.140. The molecule has 0 atom stereocenters. The minimum Gasteiger partial charge on any atom is -0.469 e. The summed E-state index contributed by atoms with van der Waals surface area (Å²) in [6.45, 7) is 4.30. The van der Waals surface area contributed by atoms with Crippen LogP contribution < -0.4 is 4.72 Å². The van der Waals surface area contributed by atoms with Gasteiger partial charge in [0.1, 0.15) is 0 Å². The van der Waals surface area contributed by atoms with Crippen LogP contribution in [-0.4, -0.2) is 57.7 Å². The van der Waals surface area contributed by atoms with Gasteiger partial charge in [0.2, 0.25) is 0 Å². The van der Waals surface area contributed by atoms with Gasteiger partial charge >= 0.3 is 5.97 Å². The zero-order valence-electron chi connectivity index (χ0n) is 12.7. The fourth-order valence-electron chi connectivity index (χ4n) is 1.51. The van der Waals surface area contributed by atoms with Gasteiger partial charge < -0.3 is 9.84 Å². The molecule has 120 valence electrons. The summed E-state index contributed by atoms with van der Waals surface area (Å²) in [5.74, 6) is -0.449. The number of aliphatic hydroxyl groups is 1. The van der Waals surface area contributed by atoms with Gasteiger partial charge in [0.15, 0.2) is 0 Å². The summed E-state index contributed by atoms with van der Waals surface area (Å²) in [7, 11) is -0.938. The molecule has 0 saturated carbocycles. The van der Waals surface area contributed by atoms with Crippen LogP contribution in [0.3, 0.4) is 0 Å². The summed E-state index contributed by atoms with van der Waals surface area (Å²) < 4.78 is 32.0. The Kier molecular flexibility index (Phi) is 8.26. The maximum atomic E-state index is 12.0.